The lowest BCUT2D eigenvalue weighted by molar-refractivity contribution is 0.0689. The zero-order valence-electron chi connectivity index (χ0n) is 21.1. The number of fused-ring (bicyclic) bond motifs is 2. The van der Waals surface area contributed by atoms with E-state index in [1.807, 2.05) is 89.8 Å². The third-order valence-electron chi connectivity index (χ3n) is 7.05. The van der Waals surface area contributed by atoms with E-state index in [4.69, 9.17) is 0 Å². The van der Waals surface area contributed by atoms with Crippen LogP contribution in [0.1, 0.15) is 43.1 Å². The Morgan fingerprint density at radius 2 is 1.72 bits per heavy atom. The summed E-state index contributed by atoms with van der Waals surface area (Å²) in [5.41, 5.74) is 5.43. The number of nitrogens with zero attached hydrogens (tertiary/aromatic N) is 3. The Morgan fingerprint density at radius 3 is 2.54 bits per heavy atom. The molecule has 3 aromatic carbocycles. The highest BCUT2D eigenvalue weighted by molar-refractivity contribution is 7.22. The number of nitrogens with one attached hydrogen (secondary N) is 1. The highest BCUT2D eigenvalue weighted by Crippen LogP contribution is 2.29. The fourth-order valence-corrected chi connectivity index (χ4v) is 5.90. The molecule has 1 amide bonds. The van der Waals surface area contributed by atoms with Crippen molar-refractivity contribution in [3.8, 4) is 0 Å². The molecule has 5 aromatic rings. The van der Waals surface area contributed by atoms with E-state index in [1.54, 1.807) is 0 Å². The summed E-state index contributed by atoms with van der Waals surface area (Å²) in [7, 11) is 0. The standard InChI is InChI=1S/C31H26N4O3S/c36-29(34-31-32-25-11-4-5-12-26(25)39-31)23-10-6-9-21-17-18-35(19-24(21)23)27-16-15-22(28(33-27)30(37)38)14-13-20-7-2-1-3-8-20/h1-12,15-16H,13-14,17-19H2,(H,37,38)(H,32,34,36). The van der Waals surface area contributed by atoms with Gasteiger partial charge in [0.25, 0.3) is 5.91 Å². The zero-order chi connectivity index (χ0) is 26.8. The summed E-state index contributed by atoms with van der Waals surface area (Å²) in [4.78, 5) is 36.6. The van der Waals surface area contributed by atoms with Gasteiger partial charge >= 0.3 is 5.97 Å². The summed E-state index contributed by atoms with van der Waals surface area (Å²) in [5.74, 6) is -0.640. The van der Waals surface area contributed by atoms with Crippen molar-refractivity contribution in [3.05, 3.63) is 118 Å². The number of hydrogen-bond acceptors (Lipinski definition) is 6. The fraction of sp³-hybridized carbons (Fsp3) is 0.161. The second-order valence-electron chi connectivity index (χ2n) is 9.52. The van der Waals surface area contributed by atoms with Crippen molar-refractivity contribution < 1.29 is 14.7 Å². The first-order valence-electron chi connectivity index (χ1n) is 12.8. The number of aromatic nitrogens is 2. The average molecular weight is 535 g/mol. The molecule has 194 valence electrons. The number of aryl methyl sites for hydroxylation is 2. The Bertz CT molecular complexity index is 1650. The lowest BCUT2D eigenvalue weighted by atomic mass is 9.94. The van der Waals surface area contributed by atoms with Crippen LogP contribution in [0, 0.1) is 0 Å². The quantitative estimate of drug-likeness (QED) is 0.266. The molecule has 0 atom stereocenters. The summed E-state index contributed by atoms with van der Waals surface area (Å²) in [6.07, 6.45) is 2.07. The lowest BCUT2D eigenvalue weighted by Crippen LogP contribution is -2.33. The summed E-state index contributed by atoms with van der Waals surface area (Å²) < 4.78 is 1.02. The number of aromatic carboxylic acids is 1. The molecule has 1 aliphatic rings. The van der Waals surface area contributed by atoms with Gasteiger partial charge in [0.1, 0.15) is 5.82 Å². The summed E-state index contributed by atoms with van der Waals surface area (Å²) in [6.45, 7) is 1.15. The minimum Gasteiger partial charge on any atom is -0.477 e. The number of para-hydroxylation sites is 1. The summed E-state index contributed by atoms with van der Waals surface area (Å²) >= 11 is 1.44. The minimum atomic E-state index is -1.03. The van der Waals surface area contributed by atoms with Crippen LogP contribution in [0.3, 0.4) is 0 Å². The molecule has 0 saturated carbocycles. The van der Waals surface area contributed by atoms with Gasteiger partial charge in [0.05, 0.1) is 10.2 Å². The van der Waals surface area contributed by atoms with E-state index in [0.717, 1.165) is 39.7 Å². The Kier molecular flexibility index (Phi) is 6.77. The first-order valence-corrected chi connectivity index (χ1v) is 13.7. The highest BCUT2D eigenvalue weighted by Gasteiger charge is 2.24. The topological polar surface area (TPSA) is 95.4 Å². The molecule has 1 aliphatic heterocycles. The molecule has 0 unspecified atom stereocenters. The van der Waals surface area contributed by atoms with Gasteiger partial charge < -0.3 is 10.0 Å². The molecule has 0 aliphatic carbocycles. The Morgan fingerprint density at radius 1 is 0.897 bits per heavy atom. The number of pyridine rings is 1. The maximum atomic E-state index is 13.3. The van der Waals surface area contributed by atoms with E-state index in [9.17, 15) is 14.7 Å². The average Bonchev–Trinajstić information content (AvgIpc) is 3.38. The van der Waals surface area contributed by atoms with Crippen LogP contribution in [-0.2, 0) is 25.8 Å². The van der Waals surface area contributed by atoms with E-state index in [0.29, 0.717) is 41.6 Å². The van der Waals surface area contributed by atoms with Crippen molar-refractivity contribution >= 4 is 44.4 Å². The maximum absolute atomic E-state index is 13.3. The van der Waals surface area contributed by atoms with Gasteiger partial charge in [-0.25, -0.2) is 14.8 Å². The van der Waals surface area contributed by atoms with Crippen LogP contribution in [0.5, 0.6) is 0 Å². The van der Waals surface area contributed by atoms with Crippen molar-refractivity contribution in [2.24, 2.45) is 0 Å². The molecule has 0 spiro atoms. The molecule has 8 heteroatoms. The molecule has 0 saturated heterocycles. The Hall–Kier alpha value is -4.56. The molecule has 0 bridgehead atoms. The zero-order valence-corrected chi connectivity index (χ0v) is 21.9. The van der Waals surface area contributed by atoms with E-state index < -0.39 is 5.97 Å². The number of thiazole rings is 1. The van der Waals surface area contributed by atoms with Gasteiger partial charge in [-0.1, -0.05) is 72.0 Å². The van der Waals surface area contributed by atoms with Crippen molar-refractivity contribution in [3.63, 3.8) is 0 Å². The third-order valence-corrected chi connectivity index (χ3v) is 8.00. The number of amides is 1. The molecule has 6 rings (SSSR count). The van der Waals surface area contributed by atoms with Gasteiger partial charge in [0.2, 0.25) is 0 Å². The Balaban J connectivity index is 1.23. The van der Waals surface area contributed by atoms with Gasteiger partial charge in [-0.2, -0.15) is 0 Å². The van der Waals surface area contributed by atoms with E-state index in [2.05, 4.69) is 15.3 Å². The van der Waals surface area contributed by atoms with Gasteiger partial charge in [0.15, 0.2) is 10.8 Å². The fourth-order valence-electron chi connectivity index (χ4n) is 5.04. The summed E-state index contributed by atoms with van der Waals surface area (Å²) in [5, 5.41) is 13.4. The predicted molar refractivity (Wildman–Crippen MR) is 154 cm³/mol. The van der Waals surface area contributed by atoms with Gasteiger partial charge in [0, 0.05) is 18.7 Å². The number of carbonyl (C=O) groups excluding carboxylic acids is 1. The van der Waals surface area contributed by atoms with Crippen molar-refractivity contribution in [2.75, 3.05) is 16.8 Å². The van der Waals surface area contributed by atoms with Crippen LogP contribution in [-0.4, -0.2) is 33.5 Å². The molecule has 39 heavy (non-hydrogen) atoms. The Labute approximate surface area is 229 Å². The summed E-state index contributed by atoms with van der Waals surface area (Å²) in [6, 6.07) is 27.3. The van der Waals surface area contributed by atoms with Crippen LogP contribution < -0.4 is 10.2 Å². The first-order chi connectivity index (χ1) is 19.0. The van der Waals surface area contributed by atoms with Crippen LogP contribution in [0.2, 0.25) is 0 Å². The highest BCUT2D eigenvalue weighted by atomic mass is 32.1. The molecule has 3 heterocycles. The van der Waals surface area contributed by atoms with Crippen LogP contribution in [0.15, 0.2) is 84.9 Å². The predicted octanol–water partition coefficient (Wildman–Crippen LogP) is 5.99. The second-order valence-corrected chi connectivity index (χ2v) is 10.6. The number of carboxylic acid groups (broad SMARTS) is 1. The molecule has 2 N–H and O–H groups in total. The van der Waals surface area contributed by atoms with Crippen LogP contribution >= 0.6 is 11.3 Å². The van der Waals surface area contributed by atoms with E-state index in [-0.39, 0.29) is 11.6 Å². The normalized spacial score (nSPS) is 12.8. The third kappa shape index (κ3) is 5.24. The molecule has 2 aromatic heterocycles. The smallest absolute Gasteiger partial charge is 0.354 e. The number of benzene rings is 3. The monoisotopic (exact) mass is 534 g/mol. The van der Waals surface area contributed by atoms with Gasteiger partial charge in [-0.15, -0.1) is 0 Å². The minimum absolute atomic E-state index is 0.0797. The maximum Gasteiger partial charge on any atom is 0.354 e. The van der Waals surface area contributed by atoms with Gasteiger partial charge in [-0.05, 0) is 65.8 Å². The van der Waals surface area contributed by atoms with E-state index in [1.165, 1.54) is 11.3 Å². The number of anilines is 2. The first kappa shape index (κ1) is 24.8. The van der Waals surface area contributed by atoms with E-state index >= 15 is 0 Å². The van der Waals surface area contributed by atoms with Crippen LogP contribution in [0.4, 0.5) is 10.9 Å². The van der Waals surface area contributed by atoms with Crippen molar-refractivity contribution in [1.29, 1.82) is 0 Å². The lowest BCUT2D eigenvalue weighted by Gasteiger charge is -2.31. The number of carboxylic acids is 1. The SMILES string of the molecule is O=C(Nc1nc2ccccc2s1)c1cccc2c1CN(c1ccc(CCc3ccccc3)c(C(=O)O)n1)CC2. The van der Waals surface area contributed by atoms with Crippen molar-refractivity contribution in [2.45, 2.75) is 25.8 Å². The number of carbonyl (C=O) groups is 2. The molecular formula is C31H26N4O3S. The molecule has 0 fully saturated rings. The van der Waals surface area contributed by atoms with Gasteiger partial charge in [-0.3, -0.25) is 10.1 Å². The van der Waals surface area contributed by atoms with Crippen molar-refractivity contribution in [1.82, 2.24) is 9.97 Å². The molecule has 7 nitrogen and oxygen atoms in total. The molecular weight excluding hydrogens is 508 g/mol. The number of hydrogen-bond donors (Lipinski definition) is 2. The largest absolute Gasteiger partial charge is 0.477 e. The number of rotatable bonds is 7. The van der Waals surface area contributed by atoms with Crippen LogP contribution in [0.25, 0.3) is 10.2 Å². The molecule has 0 radical (unpaired) electrons. The second kappa shape index (κ2) is 10.7.